The molecule has 0 radical (unpaired) electrons. The highest BCUT2D eigenvalue weighted by atomic mass is 16.5. The molecule has 1 N–H and O–H groups in total. The van der Waals surface area contributed by atoms with Gasteiger partial charge in [0, 0.05) is 68.1 Å². The van der Waals surface area contributed by atoms with E-state index in [0.29, 0.717) is 42.4 Å². The van der Waals surface area contributed by atoms with Crippen LogP contribution in [-0.2, 0) is 0 Å². The highest BCUT2D eigenvalue weighted by Gasteiger charge is 2.36. The number of pyridine rings is 1. The fraction of sp³-hybridized carbons (Fsp3) is 0.545. The minimum atomic E-state index is -0.250. The standard InChI is InChI=1S/C33H40N8O3/c1-21-27-18-35-33(37-31(27)41(25-5-3-4-6-25)32(43)30(21)22(2)42)36-23-7-8-28-29(17-23)44-20-26-19-39(15-16-40(26)28)24-9-12-38(13-10-24)14-11-34/h7-8,17-18,24-26H,3-6,9-10,12-16,19-20H2,1-2H3,(H,35,36,37)/t26-/m0/s1. The van der Waals surface area contributed by atoms with Crippen LogP contribution in [0.15, 0.2) is 29.2 Å². The number of aryl methyl sites for hydroxylation is 1. The zero-order chi connectivity index (χ0) is 30.4. The molecule has 3 aromatic rings. The molecule has 1 aromatic carbocycles. The highest BCUT2D eigenvalue weighted by Crippen LogP contribution is 2.39. The van der Waals surface area contributed by atoms with E-state index in [-0.39, 0.29) is 22.9 Å². The van der Waals surface area contributed by atoms with Gasteiger partial charge in [-0.3, -0.25) is 24.0 Å². The predicted molar refractivity (Wildman–Crippen MR) is 169 cm³/mol. The van der Waals surface area contributed by atoms with Crippen molar-refractivity contribution in [3.8, 4) is 11.8 Å². The Morgan fingerprint density at radius 1 is 1.09 bits per heavy atom. The maximum Gasteiger partial charge on any atom is 0.263 e. The van der Waals surface area contributed by atoms with Gasteiger partial charge in [-0.1, -0.05) is 12.8 Å². The summed E-state index contributed by atoms with van der Waals surface area (Å²) in [6.07, 6.45) is 7.89. The Kier molecular flexibility index (Phi) is 7.72. The number of piperazine rings is 1. The predicted octanol–water partition coefficient (Wildman–Crippen LogP) is 4.03. The number of piperidine rings is 1. The number of ketones is 1. The topological polar surface area (TPSA) is 120 Å². The molecule has 7 rings (SSSR count). The van der Waals surface area contributed by atoms with Crippen LogP contribution in [0.25, 0.3) is 11.0 Å². The van der Waals surface area contributed by atoms with Crippen molar-refractivity contribution in [2.45, 2.75) is 70.5 Å². The summed E-state index contributed by atoms with van der Waals surface area (Å²) in [6.45, 7) is 9.39. The van der Waals surface area contributed by atoms with Crippen molar-refractivity contribution in [3.05, 3.63) is 45.9 Å². The van der Waals surface area contributed by atoms with Gasteiger partial charge in [0.05, 0.1) is 29.9 Å². The molecule has 2 aromatic heterocycles. The van der Waals surface area contributed by atoms with Crippen molar-refractivity contribution in [2.75, 3.05) is 56.1 Å². The number of fused-ring (bicyclic) bond motifs is 4. The first-order valence-corrected chi connectivity index (χ1v) is 16.0. The third-order valence-electron chi connectivity index (χ3n) is 10.1. The normalized spacial score (nSPS) is 21.5. The van der Waals surface area contributed by atoms with Crippen LogP contribution in [0.3, 0.4) is 0 Å². The lowest BCUT2D eigenvalue weighted by Crippen LogP contribution is -2.60. The zero-order valence-corrected chi connectivity index (χ0v) is 25.6. The van der Waals surface area contributed by atoms with Crippen LogP contribution >= 0.6 is 0 Å². The summed E-state index contributed by atoms with van der Waals surface area (Å²) in [5, 5.41) is 13.1. The molecule has 0 amide bonds. The zero-order valence-electron chi connectivity index (χ0n) is 25.6. The molecule has 2 saturated heterocycles. The van der Waals surface area contributed by atoms with E-state index in [1.807, 2.05) is 19.1 Å². The lowest BCUT2D eigenvalue weighted by Gasteiger charge is -2.49. The van der Waals surface area contributed by atoms with Crippen LogP contribution < -0.4 is 20.5 Å². The van der Waals surface area contributed by atoms with Crippen LogP contribution in [0.2, 0.25) is 0 Å². The number of likely N-dealkylation sites (tertiary alicyclic amines) is 1. The van der Waals surface area contributed by atoms with Gasteiger partial charge in [0.1, 0.15) is 18.0 Å². The van der Waals surface area contributed by atoms with Crippen molar-refractivity contribution in [3.63, 3.8) is 0 Å². The van der Waals surface area contributed by atoms with E-state index in [1.54, 1.807) is 10.8 Å². The van der Waals surface area contributed by atoms with Gasteiger partial charge < -0.3 is 15.0 Å². The molecule has 3 aliphatic heterocycles. The number of Topliss-reactive ketones (excluding diaryl/α,β-unsaturated/α-hetero) is 1. The molecule has 4 aliphatic rings. The number of anilines is 3. The number of nitrogens with zero attached hydrogens (tertiary/aromatic N) is 7. The maximum atomic E-state index is 13.5. The quantitative estimate of drug-likeness (QED) is 0.330. The van der Waals surface area contributed by atoms with Crippen molar-refractivity contribution in [1.82, 2.24) is 24.3 Å². The smallest absolute Gasteiger partial charge is 0.263 e. The molecular weight excluding hydrogens is 556 g/mol. The van der Waals surface area contributed by atoms with Crippen LogP contribution in [0.1, 0.15) is 67.4 Å². The number of rotatable bonds is 6. The molecule has 11 nitrogen and oxygen atoms in total. The summed E-state index contributed by atoms with van der Waals surface area (Å²) < 4.78 is 8.05. The summed E-state index contributed by atoms with van der Waals surface area (Å²) in [4.78, 5) is 42.8. The molecule has 0 spiro atoms. The van der Waals surface area contributed by atoms with E-state index in [1.165, 1.54) is 6.92 Å². The van der Waals surface area contributed by atoms with Crippen LogP contribution in [-0.4, -0.2) is 88.1 Å². The van der Waals surface area contributed by atoms with Crippen molar-refractivity contribution < 1.29 is 9.53 Å². The first-order chi connectivity index (χ1) is 21.4. The van der Waals surface area contributed by atoms with E-state index >= 15 is 0 Å². The van der Waals surface area contributed by atoms with Crippen molar-refractivity contribution in [2.24, 2.45) is 0 Å². The fourth-order valence-electron chi connectivity index (χ4n) is 7.78. The number of hydrogen-bond donors (Lipinski definition) is 1. The van der Waals surface area contributed by atoms with Crippen molar-refractivity contribution in [1.29, 1.82) is 5.26 Å². The van der Waals surface area contributed by atoms with Crippen molar-refractivity contribution >= 4 is 34.1 Å². The molecule has 1 aliphatic carbocycles. The molecular formula is C33H40N8O3. The van der Waals surface area contributed by atoms with Gasteiger partial charge in [-0.05, 0) is 57.2 Å². The van der Waals surface area contributed by atoms with Gasteiger partial charge in [0.2, 0.25) is 5.95 Å². The Balaban J connectivity index is 1.09. The first kappa shape index (κ1) is 28.7. The van der Waals surface area contributed by atoms with Gasteiger partial charge >= 0.3 is 0 Å². The maximum absolute atomic E-state index is 13.5. The molecule has 3 fully saturated rings. The molecule has 5 heterocycles. The van der Waals surface area contributed by atoms with Crippen LogP contribution in [0.5, 0.6) is 5.75 Å². The molecule has 0 bridgehead atoms. The average molecular weight is 597 g/mol. The van der Waals surface area contributed by atoms with E-state index < -0.39 is 0 Å². The first-order valence-electron chi connectivity index (χ1n) is 16.0. The molecule has 1 saturated carbocycles. The van der Waals surface area contributed by atoms with Crippen LogP contribution in [0, 0.1) is 18.3 Å². The monoisotopic (exact) mass is 596 g/mol. The Bertz CT molecular complexity index is 1680. The van der Waals surface area contributed by atoms with E-state index in [2.05, 4.69) is 37.1 Å². The Morgan fingerprint density at radius 2 is 1.89 bits per heavy atom. The summed E-state index contributed by atoms with van der Waals surface area (Å²) in [5.74, 6) is 1.02. The Hall–Kier alpha value is -4.01. The number of carbonyl (C=O) groups is 1. The third-order valence-corrected chi connectivity index (χ3v) is 10.1. The second-order valence-corrected chi connectivity index (χ2v) is 12.7. The van der Waals surface area contributed by atoms with Gasteiger partial charge in [-0.25, -0.2) is 4.98 Å². The van der Waals surface area contributed by atoms with Gasteiger partial charge in [-0.15, -0.1) is 0 Å². The number of aromatic nitrogens is 3. The molecule has 11 heteroatoms. The lowest BCUT2D eigenvalue weighted by atomic mass is 9.99. The summed E-state index contributed by atoms with van der Waals surface area (Å²) in [7, 11) is 0. The van der Waals surface area contributed by atoms with Gasteiger partial charge in [-0.2, -0.15) is 10.2 Å². The fourth-order valence-corrected chi connectivity index (χ4v) is 7.78. The highest BCUT2D eigenvalue weighted by molar-refractivity contribution is 5.99. The lowest BCUT2D eigenvalue weighted by molar-refractivity contribution is 0.0833. The van der Waals surface area contributed by atoms with E-state index in [9.17, 15) is 9.59 Å². The Morgan fingerprint density at radius 3 is 2.64 bits per heavy atom. The largest absolute Gasteiger partial charge is 0.489 e. The minimum absolute atomic E-state index is 0.0355. The van der Waals surface area contributed by atoms with Gasteiger partial charge in [0.25, 0.3) is 5.56 Å². The van der Waals surface area contributed by atoms with Crippen LogP contribution in [0.4, 0.5) is 17.3 Å². The number of carbonyl (C=O) groups excluding carboxylic acids is 1. The minimum Gasteiger partial charge on any atom is -0.489 e. The second-order valence-electron chi connectivity index (χ2n) is 12.7. The SMILES string of the molecule is CC(=O)c1c(C)c2cnc(Nc3ccc4c(c3)OC[C@@H]3CN(C5CCN(CC#N)CC5)CCN43)nc2n(C2CCCC2)c1=O. The van der Waals surface area contributed by atoms with E-state index in [4.69, 9.17) is 15.0 Å². The molecule has 1 atom stereocenters. The number of hydrogen-bond acceptors (Lipinski definition) is 10. The number of ether oxygens (including phenoxy) is 1. The summed E-state index contributed by atoms with van der Waals surface area (Å²) >= 11 is 0. The Labute approximate surface area is 257 Å². The van der Waals surface area contributed by atoms with Gasteiger partial charge in [0.15, 0.2) is 5.78 Å². The third kappa shape index (κ3) is 5.20. The second kappa shape index (κ2) is 11.8. The number of nitriles is 1. The van der Waals surface area contributed by atoms with E-state index in [0.717, 1.165) is 93.8 Å². The molecule has 0 unspecified atom stereocenters. The number of nitrogens with one attached hydrogen (secondary N) is 1. The number of benzene rings is 1. The summed E-state index contributed by atoms with van der Waals surface area (Å²) in [5.41, 5.74) is 3.13. The molecule has 230 valence electrons. The molecule has 44 heavy (non-hydrogen) atoms. The summed E-state index contributed by atoms with van der Waals surface area (Å²) in [6, 6.07) is 9.35. The average Bonchev–Trinajstić information content (AvgIpc) is 3.55.